The van der Waals surface area contributed by atoms with Crippen LogP contribution in [0.15, 0.2) is 104 Å². The van der Waals surface area contributed by atoms with Gasteiger partial charge in [-0.2, -0.15) is 0 Å². The van der Waals surface area contributed by atoms with Crippen LogP contribution in [0, 0.1) is 0 Å². The molecule has 0 spiro atoms. The monoisotopic (exact) mass is 704 g/mol. The minimum atomic E-state index is -1.28. The SMILES string of the molecule is CC1(C)OB(c2cn([C@@H]3O[C@H](COC(=O)c4ccccc4)[C@@H](OC(=O)c4ccccc4)[C@H]3OC(=O)c3ccccc3)c3ncnc(N)c23)OC1(C)C. The van der Waals surface area contributed by atoms with E-state index in [2.05, 4.69) is 9.97 Å². The lowest BCUT2D eigenvalue weighted by Crippen LogP contribution is -2.41. The van der Waals surface area contributed by atoms with Gasteiger partial charge in [0.2, 0.25) is 0 Å². The van der Waals surface area contributed by atoms with Crippen LogP contribution in [0.5, 0.6) is 0 Å². The molecule has 0 saturated carbocycles. The van der Waals surface area contributed by atoms with Gasteiger partial charge in [0.25, 0.3) is 0 Å². The third-order valence-corrected chi connectivity index (χ3v) is 9.63. The molecule has 7 rings (SSSR count). The number of aromatic nitrogens is 3. The molecule has 2 aliphatic rings. The van der Waals surface area contributed by atoms with Crippen LogP contribution in [0.4, 0.5) is 5.82 Å². The average Bonchev–Trinajstić information content (AvgIpc) is 3.76. The molecule has 266 valence electrons. The normalized spacial score (nSPS) is 21.9. The maximum atomic E-state index is 13.7. The number of esters is 3. The van der Waals surface area contributed by atoms with Crippen molar-refractivity contribution in [3.8, 4) is 0 Å². The van der Waals surface area contributed by atoms with Crippen LogP contribution in [0.3, 0.4) is 0 Å². The van der Waals surface area contributed by atoms with Crippen molar-refractivity contribution in [2.45, 2.75) is 63.4 Å². The van der Waals surface area contributed by atoms with Crippen molar-refractivity contribution < 1.29 is 42.6 Å². The number of ether oxygens (including phenoxy) is 4. The minimum absolute atomic E-state index is 0.157. The largest absolute Gasteiger partial charge is 0.497 e. The van der Waals surface area contributed by atoms with Crippen LogP contribution in [-0.2, 0) is 28.3 Å². The molecule has 5 aromatic rings. The summed E-state index contributed by atoms with van der Waals surface area (Å²) >= 11 is 0. The predicted octanol–water partition coefficient (Wildman–Crippen LogP) is 4.52. The summed E-state index contributed by atoms with van der Waals surface area (Å²) in [5.41, 5.74) is 6.76. The molecule has 0 radical (unpaired) electrons. The van der Waals surface area contributed by atoms with E-state index >= 15 is 0 Å². The zero-order valence-electron chi connectivity index (χ0n) is 29.0. The fourth-order valence-electron chi connectivity index (χ4n) is 6.16. The van der Waals surface area contributed by atoms with E-state index in [-0.39, 0.29) is 23.6 Å². The van der Waals surface area contributed by atoms with Crippen LogP contribution >= 0.6 is 0 Å². The zero-order chi connectivity index (χ0) is 36.6. The van der Waals surface area contributed by atoms with E-state index in [0.29, 0.717) is 22.1 Å². The zero-order valence-corrected chi connectivity index (χ0v) is 29.0. The summed E-state index contributed by atoms with van der Waals surface area (Å²) in [6.07, 6.45) is -1.82. The number of hydrogen-bond donors (Lipinski definition) is 1. The molecule has 0 aliphatic carbocycles. The van der Waals surface area contributed by atoms with Gasteiger partial charge in [-0.15, -0.1) is 0 Å². The van der Waals surface area contributed by atoms with Crippen LogP contribution in [-0.4, -0.2) is 75.7 Å². The van der Waals surface area contributed by atoms with E-state index in [1.165, 1.54) is 6.33 Å². The van der Waals surface area contributed by atoms with Crippen molar-refractivity contribution in [2.24, 2.45) is 0 Å². The summed E-state index contributed by atoms with van der Waals surface area (Å²) in [5, 5.41) is 0.439. The van der Waals surface area contributed by atoms with E-state index in [9.17, 15) is 14.4 Å². The molecule has 14 heteroatoms. The van der Waals surface area contributed by atoms with Crippen molar-refractivity contribution in [3.05, 3.63) is 120 Å². The number of nitrogen functional groups attached to an aromatic ring is 1. The van der Waals surface area contributed by atoms with E-state index in [0.717, 1.165) is 0 Å². The van der Waals surface area contributed by atoms with Gasteiger partial charge in [0.1, 0.15) is 30.5 Å². The fraction of sp³-hybridized carbons (Fsp3) is 0.289. The Morgan fingerprint density at radius 2 is 1.25 bits per heavy atom. The topological polar surface area (TPSA) is 163 Å². The van der Waals surface area contributed by atoms with Crippen LogP contribution < -0.4 is 11.2 Å². The first-order valence-electron chi connectivity index (χ1n) is 16.8. The first-order chi connectivity index (χ1) is 24.9. The van der Waals surface area contributed by atoms with Gasteiger partial charge in [-0.3, -0.25) is 0 Å². The molecule has 0 bridgehead atoms. The molecular formula is C38H37BN4O9. The number of hydrogen-bond acceptors (Lipinski definition) is 12. The van der Waals surface area contributed by atoms with Gasteiger partial charge in [-0.25, -0.2) is 24.4 Å². The lowest BCUT2D eigenvalue weighted by molar-refractivity contribution is -0.0604. The van der Waals surface area contributed by atoms with E-state index in [1.54, 1.807) is 102 Å². The minimum Gasteiger partial charge on any atom is -0.459 e. The number of fused-ring (bicyclic) bond motifs is 1. The quantitative estimate of drug-likeness (QED) is 0.130. The summed E-state index contributed by atoms with van der Waals surface area (Å²) in [4.78, 5) is 49.2. The van der Waals surface area contributed by atoms with Gasteiger partial charge < -0.3 is 38.6 Å². The molecule has 52 heavy (non-hydrogen) atoms. The number of nitrogens with two attached hydrogens (primary N) is 1. The van der Waals surface area contributed by atoms with Crippen molar-refractivity contribution >= 4 is 47.3 Å². The Balaban J connectivity index is 1.32. The molecule has 4 heterocycles. The molecule has 2 N–H and O–H groups in total. The molecule has 2 aliphatic heterocycles. The summed E-state index contributed by atoms with van der Waals surface area (Å²) in [5.74, 6) is -1.85. The first kappa shape index (κ1) is 34.9. The number of benzene rings is 3. The van der Waals surface area contributed by atoms with Crippen LogP contribution in [0.25, 0.3) is 11.0 Å². The van der Waals surface area contributed by atoms with E-state index in [4.69, 9.17) is 34.0 Å². The summed E-state index contributed by atoms with van der Waals surface area (Å²) in [7, 11) is -0.872. The fourth-order valence-corrected chi connectivity index (χ4v) is 6.16. The van der Waals surface area contributed by atoms with Crippen molar-refractivity contribution in [1.29, 1.82) is 0 Å². The van der Waals surface area contributed by atoms with E-state index in [1.807, 2.05) is 27.7 Å². The maximum absolute atomic E-state index is 13.7. The number of anilines is 1. The molecule has 2 saturated heterocycles. The highest BCUT2D eigenvalue weighted by atomic mass is 16.7. The Bertz CT molecular complexity index is 2080. The lowest BCUT2D eigenvalue weighted by Gasteiger charge is -2.32. The van der Waals surface area contributed by atoms with Crippen molar-refractivity contribution in [1.82, 2.24) is 14.5 Å². The summed E-state index contributed by atoms with van der Waals surface area (Å²) in [6, 6.07) is 25.2. The average molecular weight is 705 g/mol. The summed E-state index contributed by atoms with van der Waals surface area (Å²) in [6.45, 7) is 7.36. The smallest absolute Gasteiger partial charge is 0.459 e. The molecule has 2 fully saturated rings. The molecule has 13 nitrogen and oxygen atoms in total. The second-order valence-electron chi connectivity index (χ2n) is 13.5. The van der Waals surface area contributed by atoms with Gasteiger partial charge in [0.05, 0.1) is 33.3 Å². The van der Waals surface area contributed by atoms with Crippen molar-refractivity contribution in [2.75, 3.05) is 12.3 Å². The van der Waals surface area contributed by atoms with Crippen molar-refractivity contribution in [3.63, 3.8) is 0 Å². The number of rotatable bonds is 9. The third kappa shape index (κ3) is 6.63. The predicted molar refractivity (Wildman–Crippen MR) is 190 cm³/mol. The highest BCUT2D eigenvalue weighted by Gasteiger charge is 2.55. The standard InChI is InChI=1S/C38H37BN4O9/c1-37(2)38(3,4)52-39(51-37)26-20-43(32-28(26)31(40)41-22-42-32)33-30(50-36(46)25-18-12-7-13-19-25)29(49-35(45)24-16-10-6-11-17-24)27(48-33)21-47-34(44)23-14-8-5-9-15-23/h5-20,22,27,29-30,33H,21H2,1-4H3,(H2,40,41,42)/t27-,29-,30-,33-/m1/s1. The molecule has 4 atom stereocenters. The number of carbonyl (C=O) groups is 3. The molecule has 0 unspecified atom stereocenters. The Hall–Kier alpha value is -5.57. The van der Waals surface area contributed by atoms with Gasteiger partial charge in [-0.05, 0) is 64.1 Å². The van der Waals surface area contributed by atoms with Gasteiger partial charge in [-0.1, -0.05) is 54.6 Å². The molecule has 2 aromatic heterocycles. The molecule has 0 amide bonds. The Labute approximate surface area is 300 Å². The van der Waals surface area contributed by atoms with E-state index < -0.39 is 60.8 Å². The van der Waals surface area contributed by atoms with Crippen LogP contribution in [0.2, 0.25) is 0 Å². The molecular weight excluding hydrogens is 667 g/mol. The molecule has 3 aromatic carbocycles. The summed E-state index contributed by atoms with van der Waals surface area (Å²) < 4.78 is 39.0. The van der Waals surface area contributed by atoms with Crippen LogP contribution in [0.1, 0.15) is 65.0 Å². The Kier molecular flexibility index (Phi) is 9.30. The maximum Gasteiger partial charge on any atom is 0.497 e. The first-order valence-corrected chi connectivity index (χ1v) is 16.8. The highest BCUT2D eigenvalue weighted by molar-refractivity contribution is 6.65. The number of nitrogens with zero attached hydrogens (tertiary/aromatic N) is 3. The highest BCUT2D eigenvalue weighted by Crippen LogP contribution is 2.40. The van der Waals surface area contributed by atoms with Gasteiger partial charge >= 0.3 is 25.0 Å². The third-order valence-electron chi connectivity index (χ3n) is 9.63. The second-order valence-corrected chi connectivity index (χ2v) is 13.5. The van der Waals surface area contributed by atoms with Gasteiger partial charge in [0, 0.05) is 11.7 Å². The van der Waals surface area contributed by atoms with Gasteiger partial charge in [0.15, 0.2) is 18.4 Å². The Morgan fingerprint density at radius 1 is 0.750 bits per heavy atom. The second kappa shape index (κ2) is 13.9. The number of carbonyl (C=O) groups excluding carboxylic acids is 3. The Morgan fingerprint density at radius 3 is 1.79 bits per heavy atom. The lowest BCUT2D eigenvalue weighted by atomic mass is 9.79.